The quantitative estimate of drug-likeness (QED) is 0.704. The molecule has 3 saturated heterocycles. The van der Waals surface area contributed by atoms with Crippen LogP contribution in [0, 0.1) is 11.3 Å². The summed E-state index contributed by atoms with van der Waals surface area (Å²) in [4.78, 5) is 32.0. The molecule has 0 atom stereocenters. The Kier molecular flexibility index (Phi) is 8.54. The number of nitrogens with zero attached hydrogens (tertiary/aromatic N) is 3. The van der Waals surface area contributed by atoms with Gasteiger partial charge >= 0.3 is 0 Å². The Labute approximate surface area is 182 Å². The lowest BCUT2D eigenvalue weighted by atomic mass is 9.90. The summed E-state index contributed by atoms with van der Waals surface area (Å²) in [6.45, 7) is 15.3. The van der Waals surface area contributed by atoms with Gasteiger partial charge in [-0.25, -0.2) is 0 Å². The lowest BCUT2D eigenvalue weighted by molar-refractivity contribution is -0.135. The number of carbonyl (C=O) groups excluding carboxylic acids is 2. The molecule has 0 spiro atoms. The van der Waals surface area contributed by atoms with Gasteiger partial charge in [-0.15, -0.1) is 0 Å². The van der Waals surface area contributed by atoms with Crippen molar-refractivity contribution in [2.75, 3.05) is 65.6 Å². The first-order valence-corrected chi connectivity index (χ1v) is 11.9. The SMILES string of the molecule is CC(C)(C)CC(=O)N1CCC(N2CCC(C(=O)NCCN3CCOCC3)CC2)CC1. The van der Waals surface area contributed by atoms with Crippen LogP contribution in [0.1, 0.15) is 52.9 Å². The lowest BCUT2D eigenvalue weighted by Crippen LogP contribution is -2.50. The molecule has 7 heteroatoms. The van der Waals surface area contributed by atoms with E-state index in [9.17, 15) is 9.59 Å². The number of amides is 2. The Morgan fingerprint density at radius 3 is 2.17 bits per heavy atom. The monoisotopic (exact) mass is 422 g/mol. The number of ether oxygens (including phenoxy) is 1. The van der Waals surface area contributed by atoms with Crippen molar-refractivity contribution in [3.8, 4) is 0 Å². The molecule has 30 heavy (non-hydrogen) atoms. The Bertz CT molecular complexity index is 555. The molecule has 3 fully saturated rings. The molecule has 0 unspecified atom stereocenters. The van der Waals surface area contributed by atoms with Gasteiger partial charge in [0.05, 0.1) is 13.2 Å². The fraction of sp³-hybridized carbons (Fsp3) is 0.913. The minimum atomic E-state index is 0.0541. The van der Waals surface area contributed by atoms with Gasteiger partial charge in [-0.2, -0.15) is 0 Å². The maximum absolute atomic E-state index is 12.5. The highest BCUT2D eigenvalue weighted by atomic mass is 16.5. The van der Waals surface area contributed by atoms with Gasteiger partial charge in [-0.1, -0.05) is 20.8 Å². The van der Waals surface area contributed by atoms with Gasteiger partial charge < -0.3 is 19.9 Å². The topological polar surface area (TPSA) is 65.1 Å². The molecule has 172 valence electrons. The predicted molar refractivity (Wildman–Crippen MR) is 118 cm³/mol. The summed E-state index contributed by atoms with van der Waals surface area (Å²) in [6.07, 6.45) is 4.65. The van der Waals surface area contributed by atoms with Gasteiger partial charge in [0, 0.05) is 57.6 Å². The molecule has 0 aliphatic carbocycles. The van der Waals surface area contributed by atoms with Gasteiger partial charge in [-0.05, 0) is 44.2 Å². The molecule has 0 aromatic rings. The minimum Gasteiger partial charge on any atom is -0.379 e. The van der Waals surface area contributed by atoms with E-state index in [4.69, 9.17) is 4.74 Å². The Balaban J connectivity index is 1.31. The summed E-state index contributed by atoms with van der Waals surface area (Å²) in [6, 6.07) is 0.564. The summed E-state index contributed by atoms with van der Waals surface area (Å²) < 4.78 is 5.37. The van der Waals surface area contributed by atoms with Crippen LogP contribution in [-0.4, -0.2) is 98.1 Å². The average Bonchev–Trinajstić information content (AvgIpc) is 2.73. The Morgan fingerprint density at radius 1 is 0.933 bits per heavy atom. The zero-order valence-electron chi connectivity index (χ0n) is 19.3. The predicted octanol–water partition coefficient (Wildman–Crippen LogP) is 1.57. The van der Waals surface area contributed by atoms with Gasteiger partial charge in [-0.3, -0.25) is 14.5 Å². The average molecular weight is 423 g/mol. The number of piperidine rings is 2. The number of nitrogens with one attached hydrogen (secondary N) is 1. The molecule has 7 nitrogen and oxygen atoms in total. The Morgan fingerprint density at radius 2 is 1.57 bits per heavy atom. The van der Waals surface area contributed by atoms with E-state index in [2.05, 4.69) is 40.8 Å². The smallest absolute Gasteiger partial charge is 0.223 e. The van der Waals surface area contributed by atoms with E-state index >= 15 is 0 Å². The van der Waals surface area contributed by atoms with Crippen LogP contribution in [0.4, 0.5) is 0 Å². The summed E-state index contributed by atoms with van der Waals surface area (Å²) in [5, 5.41) is 3.15. The number of likely N-dealkylation sites (tertiary alicyclic amines) is 2. The number of rotatable bonds is 6. The largest absolute Gasteiger partial charge is 0.379 e. The lowest BCUT2D eigenvalue weighted by Gasteiger charge is -2.42. The molecule has 1 N–H and O–H groups in total. The standard InChI is InChI=1S/C23H42N4O3/c1-23(2,3)18-21(28)27-11-6-20(7-12-27)26-9-4-19(5-10-26)22(29)24-8-13-25-14-16-30-17-15-25/h19-20H,4-18H2,1-3H3,(H,24,29). The highest BCUT2D eigenvalue weighted by Gasteiger charge is 2.32. The van der Waals surface area contributed by atoms with Crippen LogP contribution in [0.3, 0.4) is 0 Å². The molecule has 2 amide bonds. The van der Waals surface area contributed by atoms with Crippen LogP contribution in [0.2, 0.25) is 0 Å². The number of morpholine rings is 1. The minimum absolute atomic E-state index is 0.0541. The second kappa shape index (κ2) is 10.9. The molecule has 3 aliphatic heterocycles. The van der Waals surface area contributed by atoms with Gasteiger partial charge in [0.15, 0.2) is 0 Å². The van der Waals surface area contributed by atoms with Crippen molar-refractivity contribution in [2.45, 2.75) is 58.9 Å². The van der Waals surface area contributed by atoms with Crippen LogP contribution in [-0.2, 0) is 14.3 Å². The van der Waals surface area contributed by atoms with E-state index in [0.29, 0.717) is 18.4 Å². The molecule has 3 aliphatic rings. The normalized spacial score (nSPS) is 23.5. The molecule has 0 saturated carbocycles. The zero-order valence-corrected chi connectivity index (χ0v) is 19.3. The number of carbonyl (C=O) groups is 2. The van der Waals surface area contributed by atoms with Crippen molar-refractivity contribution in [1.29, 1.82) is 0 Å². The number of hydrogen-bond donors (Lipinski definition) is 1. The summed E-state index contributed by atoms with van der Waals surface area (Å²) in [5.74, 6) is 0.679. The second-order valence-corrected chi connectivity index (χ2v) is 10.4. The molecular weight excluding hydrogens is 380 g/mol. The summed E-state index contributed by atoms with van der Waals surface area (Å²) in [5.41, 5.74) is 0.0541. The second-order valence-electron chi connectivity index (χ2n) is 10.4. The van der Waals surface area contributed by atoms with E-state index < -0.39 is 0 Å². The fourth-order valence-electron chi connectivity index (χ4n) is 4.88. The van der Waals surface area contributed by atoms with E-state index in [1.54, 1.807) is 0 Å². The number of hydrogen-bond acceptors (Lipinski definition) is 5. The highest BCUT2D eigenvalue weighted by molar-refractivity contribution is 5.78. The molecule has 0 radical (unpaired) electrons. The third kappa shape index (κ3) is 7.20. The van der Waals surface area contributed by atoms with Gasteiger partial charge in [0.1, 0.15) is 0 Å². The van der Waals surface area contributed by atoms with Crippen LogP contribution >= 0.6 is 0 Å². The molecule has 0 bridgehead atoms. The van der Waals surface area contributed by atoms with E-state index in [0.717, 1.165) is 91.3 Å². The summed E-state index contributed by atoms with van der Waals surface area (Å²) >= 11 is 0. The van der Waals surface area contributed by atoms with Crippen LogP contribution in [0.15, 0.2) is 0 Å². The van der Waals surface area contributed by atoms with Crippen LogP contribution < -0.4 is 5.32 Å². The van der Waals surface area contributed by atoms with Gasteiger partial charge in [0.25, 0.3) is 0 Å². The molecule has 0 aromatic carbocycles. The van der Waals surface area contributed by atoms with Crippen LogP contribution in [0.25, 0.3) is 0 Å². The fourth-order valence-corrected chi connectivity index (χ4v) is 4.88. The van der Waals surface area contributed by atoms with Crippen molar-refractivity contribution in [2.24, 2.45) is 11.3 Å². The van der Waals surface area contributed by atoms with E-state index in [1.807, 2.05) is 0 Å². The third-order valence-corrected chi connectivity index (χ3v) is 6.75. The zero-order chi connectivity index (χ0) is 21.6. The maximum atomic E-state index is 12.5. The Hall–Kier alpha value is -1.18. The van der Waals surface area contributed by atoms with Crippen molar-refractivity contribution < 1.29 is 14.3 Å². The van der Waals surface area contributed by atoms with Crippen molar-refractivity contribution in [3.05, 3.63) is 0 Å². The van der Waals surface area contributed by atoms with E-state index in [1.165, 1.54) is 0 Å². The highest BCUT2D eigenvalue weighted by Crippen LogP contribution is 2.26. The molecule has 0 aromatic heterocycles. The first-order chi connectivity index (χ1) is 14.3. The van der Waals surface area contributed by atoms with Crippen LogP contribution in [0.5, 0.6) is 0 Å². The molecule has 3 heterocycles. The van der Waals surface area contributed by atoms with Crippen molar-refractivity contribution in [3.63, 3.8) is 0 Å². The van der Waals surface area contributed by atoms with Crippen molar-refractivity contribution in [1.82, 2.24) is 20.0 Å². The first-order valence-electron chi connectivity index (χ1n) is 11.9. The summed E-state index contributed by atoms with van der Waals surface area (Å²) in [7, 11) is 0. The first kappa shape index (κ1) is 23.5. The van der Waals surface area contributed by atoms with Crippen molar-refractivity contribution >= 4 is 11.8 Å². The molecular formula is C23H42N4O3. The third-order valence-electron chi connectivity index (χ3n) is 6.75. The molecule has 3 rings (SSSR count). The van der Waals surface area contributed by atoms with E-state index in [-0.39, 0.29) is 17.2 Å². The van der Waals surface area contributed by atoms with Gasteiger partial charge in [0.2, 0.25) is 11.8 Å². The maximum Gasteiger partial charge on any atom is 0.223 e.